The van der Waals surface area contributed by atoms with Crippen LogP contribution >= 0.6 is 23.2 Å². The Morgan fingerprint density at radius 1 is 0.889 bits per heavy atom. The van der Waals surface area contributed by atoms with Crippen LogP contribution in [-0.2, 0) is 19.2 Å². The zero-order valence-electron chi connectivity index (χ0n) is 15.1. The number of carbonyl (C=O) groups excluding carboxylic acids is 4. The average Bonchev–Trinajstić information content (AvgIpc) is 2.56. The summed E-state index contributed by atoms with van der Waals surface area (Å²) in [5.41, 5.74) is 10.8. The van der Waals surface area contributed by atoms with Crippen molar-refractivity contribution in [1.82, 2.24) is 10.6 Å². The molecule has 0 bridgehead atoms. The third-order valence-electron chi connectivity index (χ3n) is 4.23. The van der Waals surface area contributed by atoms with Crippen LogP contribution in [0, 0.1) is 5.92 Å². The molecule has 0 spiro atoms. The van der Waals surface area contributed by atoms with Crippen LogP contribution in [0.3, 0.4) is 0 Å². The van der Waals surface area contributed by atoms with Gasteiger partial charge in [-0.2, -0.15) is 0 Å². The molecule has 27 heavy (non-hydrogen) atoms. The van der Waals surface area contributed by atoms with Gasteiger partial charge in [-0.1, -0.05) is 14.4 Å². The number of rotatable bonds is 5. The quantitative estimate of drug-likeness (QED) is 0.381. The van der Waals surface area contributed by atoms with Gasteiger partial charge in [0.05, 0.1) is 6.42 Å². The van der Waals surface area contributed by atoms with Crippen molar-refractivity contribution < 1.29 is 19.2 Å². The lowest BCUT2D eigenvalue weighted by Crippen LogP contribution is -2.49. The van der Waals surface area contributed by atoms with Crippen molar-refractivity contribution in [1.29, 1.82) is 0 Å². The highest BCUT2D eigenvalue weighted by molar-refractivity contribution is 6.72. The first-order chi connectivity index (χ1) is 12.1. The van der Waals surface area contributed by atoms with Crippen molar-refractivity contribution >= 4 is 45.5 Å². The number of hydrogen-bond donors (Lipinski definition) is 4. The van der Waals surface area contributed by atoms with Gasteiger partial charge >= 0.3 is 0 Å². The summed E-state index contributed by atoms with van der Waals surface area (Å²) in [5, 5.41) is 3.80. The summed E-state index contributed by atoms with van der Waals surface area (Å²) in [6.07, 6.45) is 4.02. The van der Waals surface area contributed by atoms with E-state index in [4.69, 9.17) is 34.7 Å². The first-order valence-corrected chi connectivity index (χ1v) is 9.20. The number of halogens is 2. The maximum atomic E-state index is 11.2. The SMILES string of the molecule is C.CNC(=O)CC(=O)NC1CCC1C.NC1CCC1N.O=C(Cl)CC(=O)Cl. The van der Waals surface area contributed by atoms with Gasteiger partial charge in [-0.3, -0.25) is 19.2 Å². The number of hydrogen-bond acceptors (Lipinski definition) is 6. The Bertz CT molecular complexity index is 485. The lowest BCUT2D eigenvalue weighted by molar-refractivity contribution is -0.130. The molecular formula is C17H32Cl2N4O4. The Hall–Kier alpha value is -1.22. The van der Waals surface area contributed by atoms with Crippen molar-refractivity contribution in [2.24, 2.45) is 17.4 Å². The van der Waals surface area contributed by atoms with Gasteiger partial charge in [-0.15, -0.1) is 0 Å². The van der Waals surface area contributed by atoms with E-state index in [0.29, 0.717) is 18.0 Å². The van der Waals surface area contributed by atoms with Gasteiger partial charge in [0.1, 0.15) is 6.42 Å². The molecule has 0 aliphatic heterocycles. The Morgan fingerprint density at radius 2 is 1.37 bits per heavy atom. The van der Waals surface area contributed by atoms with Crippen LogP contribution in [0.5, 0.6) is 0 Å². The van der Waals surface area contributed by atoms with Crippen LogP contribution in [-0.4, -0.2) is 47.5 Å². The second-order valence-electron chi connectivity index (χ2n) is 6.37. The highest BCUT2D eigenvalue weighted by atomic mass is 35.5. The van der Waals surface area contributed by atoms with E-state index in [1.54, 1.807) is 0 Å². The molecule has 4 unspecified atom stereocenters. The van der Waals surface area contributed by atoms with Gasteiger partial charge in [0, 0.05) is 25.2 Å². The van der Waals surface area contributed by atoms with Crippen LogP contribution in [0.4, 0.5) is 0 Å². The van der Waals surface area contributed by atoms with Gasteiger partial charge in [-0.25, -0.2) is 0 Å². The molecule has 6 N–H and O–H groups in total. The summed E-state index contributed by atoms with van der Waals surface area (Å²) in [7, 11) is 1.53. The Kier molecular flexibility index (Phi) is 15.3. The van der Waals surface area contributed by atoms with Crippen molar-refractivity contribution in [3.05, 3.63) is 0 Å². The van der Waals surface area contributed by atoms with Crippen molar-refractivity contribution in [3.63, 3.8) is 0 Å². The van der Waals surface area contributed by atoms with Gasteiger partial charge in [-0.05, 0) is 54.8 Å². The maximum Gasteiger partial charge on any atom is 0.230 e. The summed E-state index contributed by atoms with van der Waals surface area (Å²) in [5.74, 6) is 0.161. The molecule has 0 aromatic rings. The molecule has 2 rings (SSSR count). The predicted octanol–water partition coefficient (Wildman–Crippen LogP) is 1.02. The minimum absolute atomic E-state index is 0. The normalized spacial score (nSPS) is 24.7. The summed E-state index contributed by atoms with van der Waals surface area (Å²) in [6, 6.07) is 0.909. The summed E-state index contributed by atoms with van der Waals surface area (Å²) in [6.45, 7) is 2.11. The predicted molar refractivity (Wildman–Crippen MR) is 107 cm³/mol. The minimum Gasteiger partial charge on any atom is -0.359 e. The maximum absolute atomic E-state index is 11.2. The van der Waals surface area contributed by atoms with E-state index >= 15 is 0 Å². The molecule has 10 heteroatoms. The zero-order valence-corrected chi connectivity index (χ0v) is 16.6. The van der Waals surface area contributed by atoms with Crippen molar-refractivity contribution in [2.75, 3.05) is 7.05 Å². The van der Waals surface area contributed by atoms with Gasteiger partial charge in [0.2, 0.25) is 22.3 Å². The van der Waals surface area contributed by atoms with E-state index < -0.39 is 10.5 Å². The standard InChI is InChI=1S/C9H16N2O2.C4H10N2.C3H2Cl2O2.CH4/c1-6-3-4-7(6)11-9(13)5-8(12)10-2;5-3-1-2-4(3)6;4-2(6)1-3(5)7;/h6-7H,3-5H2,1-2H3,(H,10,12)(H,11,13);3-4H,1-2,5-6H2;1H2;1H4. The number of amides is 2. The summed E-state index contributed by atoms with van der Waals surface area (Å²) in [4.78, 5) is 41.4. The second kappa shape index (κ2) is 14.8. The number of carbonyl (C=O) groups is 4. The molecule has 158 valence electrons. The molecule has 0 radical (unpaired) electrons. The van der Waals surface area contributed by atoms with E-state index in [1.165, 1.54) is 13.5 Å². The third-order valence-corrected chi connectivity index (χ3v) is 4.49. The molecule has 2 amide bonds. The van der Waals surface area contributed by atoms with Crippen LogP contribution in [0.1, 0.15) is 52.9 Å². The topological polar surface area (TPSA) is 144 Å². The average molecular weight is 427 g/mol. The molecule has 0 aromatic heterocycles. The van der Waals surface area contributed by atoms with Crippen LogP contribution in [0.25, 0.3) is 0 Å². The van der Waals surface area contributed by atoms with E-state index in [9.17, 15) is 19.2 Å². The largest absolute Gasteiger partial charge is 0.359 e. The molecule has 2 aliphatic rings. The lowest BCUT2D eigenvalue weighted by atomic mass is 9.81. The fourth-order valence-corrected chi connectivity index (χ4v) is 2.35. The van der Waals surface area contributed by atoms with E-state index in [0.717, 1.165) is 19.3 Å². The molecule has 4 atom stereocenters. The smallest absolute Gasteiger partial charge is 0.230 e. The zero-order chi connectivity index (χ0) is 20.3. The van der Waals surface area contributed by atoms with Crippen molar-refractivity contribution in [2.45, 2.75) is 71.0 Å². The fraction of sp³-hybridized carbons (Fsp3) is 0.765. The molecule has 0 saturated heterocycles. The monoisotopic (exact) mass is 426 g/mol. The van der Waals surface area contributed by atoms with Gasteiger partial charge in [0.25, 0.3) is 0 Å². The van der Waals surface area contributed by atoms with E-state index in [2.05, 4.69) is 17.6 Å². The summed E-state index contributed by atoms with van der Waals surface area (Å²) >= 11 is 9.46. The highest BCUT2D eigenvalue weighted by Gasteiger charge is 2.28. The van der Waals surface area contributed by atoms with Crippen LogP contribution < -0.4 is 22.1 Å². The van der Waals surface area contributed by atoms with Gasteiger partial charge < -0.3 is 22.1 Å². The highest BCUT2D eigenvalue weighted by Crippen LogP contribution is 2.26. The molecule has 2 aliphatic carbocycles. The first kappa shape index (κ1) is 28.0. The molecule has 2 saturated carbocycles. The number of nitrogens with one attached hydrogen (secondary N) is 2. The van der Waals surface area contributed by atoms with E-state index in [1.807, 2.05) is 0 Å². The fourth-order valence-electron chi connectivity index (χ4n) is 2.03. The first-order valence-electron chi connectivity index (χ1n) is 8.44. The Morgan fingerprint density at radius 3 is 1.56 bits per heavy atom. The minimum atomic E-state index is -0.722. The Balaban J connectivity index is 0. The second-order valence-corrected chi connectivity index (χ2v) is 7.21. The molecule has 0 aromatic carbocycles. The van der Waals surface area contributed by atoms with Gasteiger partial charge in [0.15, 0.2) is 0 Å². The van der Waals surface area contributed by atoms with Crippen LogP contribution in [0.15, 0.2) is 0 Å². The molecular weight excluding hydrogens is 395 g/mol. The summed E-state index contributed by atoms with van der Waals surface area (Å²) < 4.78 is 0. The molecule has 2 fully saturated rings. The van der Waals surface area contributed by atoms with Crippen LogP contribution in [0.2, 0.25) is 0 Å². The Labute approximate surface area is 171 Å². The third kappa shape index (κ3) is 13.6. The van der Waals surface area contributed by atoms with E-state index in [-0.39, 0.29) is 38.1 Å². The van der Waals surface area contributed by atoms with Crippen molar-refractivity contribution in [3.8, 4) is 0 Å². The lowest BCUT2D eigenvalue weighted by Gasteiger charge is -2.34. The molecule has 8 nitrogen and oxygen atoms in total. The molecule has 0 heterocycles. The number of nitrogens with two attached hydrogens (primary N) is 2.